The summed E-state index contributed by atoms with van der Waals surface area (Å²) in [6.45, 7) is 0. The molecule has 0 amide bonds. The maximum atomic E-state index is 5.53. The molecule has 2 atom stereocenters. The van der Waals surface area contributed by atoms with Gasteiger partial charge >= 0.3 is 0 Å². The third-order valence-corrected chi connectivity index (χ3v) is 2.25. The summed E-state index contributed by atoms with van der Waals surface area (Å²) in [4.78, 5) is 0. The quantitative estimate of drug-likeness (QED) is 0.477. The van der Waals surface area contributed by atoms with Gasteiger partial charge in [0.25, 0.3) is 12.5 Å². The maximum Gasteiger partial charge on any atom is 0.273 e. The molecule has 0 aliphatic rings. The molecule has 0 aromatic carbocycles. The summed E-state index contributed by atoms with van der Waals surface area (Å²) < 4.78 is 12.5. The summed E-state index contributed by atoms with van der Waals surface area (Å²) in [7, 11) is 16.1. The normalized spacial score (nSPS) is 18.0. The second-order valence-corrected chi connectivity index (χ2v) is 5.49. The van der Waals surface area contributed by atoms with Crippen LogP contribution in [0.15, 0.2) is 0 Å². The zero-order chi connectivity index (χ0) is 11.6. The summed E-state index contributed by atoms with van der Waals surface area (Å²) >= 11 is 0. The van der Waals surface area contributed by atoms with Gasteiger partial charge < -0.3 is 9.47 Å². The molecular formula is C10H26N2O2+2. The van der Waals surface area contributed by atoms with Gasteiger partial charge in [0.1, 0.15) is 0 Å². The Hall–Kier alpha value is -0.160. The molecule has 14 heavy (non-hydrogen) atoms. The van der Waals surface area contributed by atoms with E-state index < -0.39 is 0 Å². The van der Waals surface area contributed by atoms with E-state index in [-0.39, 0.29) is 12.5 Å². The van der Waals surface area contributed by atoms with Gasteiger partial charge in [-0.1, -0.05) is 0 Å². The van der Waals surface area contributed by atoms with Crippen molar-refractivity contribution in [3.05, 3.63) is 0 Å². The molecule has 0 rings (SSSR count). The number of hydrogen-bond acceptors (Lipinski definition) is 2. The van der Waals surface area contributed by atoms with Gasteiger partial charge in [-0.15, -0.1) is 0 Å². The Morgan fingerprint density at radius 1 is 0.643 bits per heavy atom. The van der Waals surface area contributed by atoms with Crippen molar-refractivity contribution in [2.24, 2.45) is 0 Å². The van der Waals surface area contributed by atoms with Crippen molar-refractivity contribution >= 4 is 0 Å². The monoisotopic (exact) mass is 206 g/mol. The number of nitrogens with zero attached hydrogens (tertiary/aromatic N) is 2. The molecule has 0 bridgehead atoms. The average molecular weight is 206 g/mol. The molecule has 0 spiro atoms. The van der Waals surface area contributed by atoms with Crippen molar-refractivity contribution in [2.75, 3.05) is 56.5 Å². The van der Waals surface area contributed by atoms with Crippen LogP contribution in [0.25, 0.3) is 0 Å². The van der Waals surface area contributed by atoms with E-state index >= 15 is 0 Å². The lowest BCUT2D eigenvalue weighted by Gasteiger charge is -2.42. The van der Waals surface area contributed by atoms with Gasteiger partial charge in [0, 0.05) is 14.2 Å². The van der Waals surface area contributed by atoms with Gasteiger partial charge in [-0.2, -0.15) is 0 Å². The van der Waals surface area contributed by atoms with Crippen molar-refractivity contribution in [3.63, 3.8) is 0 Å². The summed E-state index contributed by atoms with van der Waals surface area (Å²) in [6.07, 6.45) is 0.0556. The molecule has 0 fully saturated rings. The number of likely N-dealkylation sites (N-methyl/N-ethyl adjacent to an activating group) is 2. The minimum Gasteiger partial charge on any atom is -0.326 e. The first-order valence-electron chi connectivity index (χ1n) is 4.82. The lowest BCUT2D eigenvalue weighted by atomic mass is 10.3. The summed E-state index contributed by atoms with van der Waals surface area (Å²) in [5, 5.41) is 0. The largest absolute Gasteiger partial charge is 0.326 e. The van der Waals surface area contributed by atoms with Crippen LogP contribution in [0, 0.1) is 0 Å². The topological polar surface area (TPSA) is 18.5 Å². The highest BCUT2D eigenvalue weighted by atomic mass is 16.6. The number of rotatable bonds is 5. The van der Waals surface area contributed by atoms with E-state index in [0.717, 1.165) is 8.97 Å². The van der Waals surface area contributed by atoms with Gasteiger partial charge in [0.15, 0.2) is 0 Å². The van der Waals surface area contributed by atoms with E-state index in [1.165, 1.54) is 0 Å². The molecule has 4 heteroatoms. The fourth-order valence-electron chi connectivity index (χ4n) is 1.63. The fourth-order valence-corrected chi connectivity index (χ4v) is 1.63. The molecule has 0 aromatic rings. The molecule has 0 heterocycles. The maximum absolute atomic E-state index is 5.53. The van der Waals surface area contributed by atoms with Gasteiger partial charge in [0.2, 0.25) is 0 Å². The Morgan fingerprint density at radius 3 is 0.929 bits per heavy atom. The predicted molar refractivity (Wildman–Crippen MR) is 57.7 cm³/mol. The van der Waals surface area contributed by atoms with Crippen LogP contribution in [0.3, 0.4) is 0 Å². The third-order valence-electron chi connectivity index (χ3n) is 2.25. The highest BCUT2D eigenvalue weighted by Crippen LogP contribution is 2.17. The molecule has 0 saturated carbocycles. The number of quaternary nitrogens is 2. The first-order chi connectivity index (χ1) is 6.14. The standard InChI is InChI=1S/C10H26N2O2/c1-11(2,3)9(13-7)10(14-8)12(4,5)6/h9-10H,1-8H3/q+2. The molecule has 86 valence electrons. The average Bonchev–Trinajstić information content (AvgIpc) is 1.94. The van der Waals surface area contributed by atoms with Crippen molar-refractivity contribution in [3.8, 4) is 0 Å². The Bertz CT molecular complexity index is 150. The van der Waals surface area contributed by atoms with E-state index in [0.29, 0.717) is 0 Å². The van der Waals surface area contributed by atoms with Crippen LogP contribution in [-0.2, 0) is 9.47 Å². The SMILES string of the molecule is COC(C(OC)[N+](C)(C)C)[N+](C)(C)C. The number of hydrogen-bond donors (Lipinski definition) is 0. The van der Waals surface area contributed by atoms with E-state index in [4.69, 9.17) is 9.47 Å². The smallest absolute Gasteiger partial charge is 0.273 e. The summed E-state index contributed by atoms with van der Waals surface area (Å²) in [5.41, 5.74) is 0. The number of ether oxygens (including phenoxy) is 2. The Morgan fingerprint density at radius 2 is 0.857 bits per heavy atom. The van der Waals surface area contributed by atoms with Crippen LogP contribution in [0.1, 0.15) is 0 Å². The Balaban J connectivity index is 4.81. The molecule has 0 radical (unpaired) electrons. The molecule has 0 saturated heterocycles. The minimum atomic E-state index is 0.0278. The molecule has 0 aromatic heterocycles. The molecule has 0 aliphatic heterocycles. The predicted octanol–water partition coefficient (Wildman–Crippen LogP) is 0.344. The van der Waals surface area contributed by atoms with Crippen LogP contribution in [0.5, 0.6) is 0 Å². The van der Waals surface area contributed by atoms with Gasteiger partial charge in [0.05, 0.1) is 42.3 Å². The lowest BCUT2D eigenvalue weighted by molar-refractivity contribution is -0.997. The summed E-state index contributed by atoms with van der Waals surface area (Å²) in [5.74, 6) is 0. The van der Waals surface area contributed by atoms with E-state index in [2.05, 4.69) is 42.3 Å². The van der Waals surface area contributed by atoms with Gasteiger partial charge in [-0.05, 0) is 0 Å². The lowest BCUT2D eigenvalue weighted by Crippen LogP contribution is -2.62. The number of methoxy groups -OCH3 is 2. The van der Waals surface area contributed by atoms with E-state index in [9.17, 15) is 0 Å². The van der Waals surface area contributed by atoms with Crippen LogP contribution >= 0.6 is 0 Å². The Labute approximate surface area is 88.2 Å². The second kappa shape index (κ2) is 4.57. The Kier molecular flexibility index (Phi) is 4.52. The van der Waals surface area contributed by atoms with E-state index in [1.807, 2.05) is 0 Å². The first kappa shape index (κ1) is 13.8. The second-order valence-electron chi connectivity index (χ2n) is 5.49. The van der Waals surface area contributed by atoms with Crippen molar-refractivity contribution in [1.29, 1.82) is 0 Å². The van der Waals surface area contributed by atoms with Crippen LogP contribution < -0.4 is 0 Å². The highest BCUT2D eigenvalue weighted by Gasteiger charge is 2.42. The first-order valence-corrected chi connectivity index (χ1v) is 4.82. The van der Waals surface area contributed by atoms with Crippen LogP contribution in [0.4, 0.5) is 0 Å². The van der Waals surface area contributed by atoms with E-state index in [1.54, 1.807) is 14.2 Å². The highest BCUT2D eigenvalue weighted by molar-refractivity contribution is 4.49. The summed E-state index contributed by atoms with van der Waals surface area (Å²) in [6, 6.07) is 0. The minimum absolute atomic E-state index is 0.0278. The molecule has 2 unspecified atom stereocenters. The molecule has 0 N–H and O–H groups in total. The van der Waals surface area contributed by atoms with Crippen molar-refractivity contribution < 1.29 is 18.4 Å². The van der Waals surface area contributed by atoms with Crippen molar-refractivity contribution in [2.45, 2.75) is 12.5 Å². The van der Waals surface area contributed by atoms with Gasteiger partial charge in [-0.25, -0.2) is 0 Å². The van der Waals surface area contributed by atoms with Gasteiger partial charge in [-0.3, -0.25) is 8.97 Å². The zero-order valence-electron chi connectivity index (χ0n) is 10.9. The molecular weight excluding hydrogens is 180 g/mol. The van der Waals surface area contributed by atoms with Crippen LogP contribution in [0.2, 0.25) is 0 Å². The molecule has 4 nitrogen and oxygen atoms in total. The van der Waals surface area contributed by atoms with Crippen LogP contribution in [-0.4, -0.2) is 77.9 Å². The zero-order valence-corrected chi connectivity index (χ0v) is 10.9. The third kappa shape index (κ3) is 3.53. The molecule has 0 aliphatic carbocycles. The van der Waals surface area contributed by atoms with Crippen molar-refractivity contribution in [1.82, 2.24) is 0 Å². The fraction of sp³-hybridized carbons (Fsp3) is 1.00.